The number of hydrogen-bond acceptors (Lipinski definition) is 1. The average Bonchev–Trinajstić information content (AvgIpc) is 2.18. The molecule has 78 valence electrons. The van der Waals surface area contributed by atoms with Crippen molar-refractivity contribution in [2.75, 3.05) is 0 Å². The van der Waals surface area contributed by atoms with E-state index in [1.165, 1.54) is 6.42 Å². The van der Waals surface area contributed by atoms with E-state index in [-0.39, 0.29) is 6.04 Å². The van der Waals surface area contributed by atoms with Gasteiger partial charge in [0.1, 0.15) is 0 Å². The number of hydrogen-bond donors (Lipinski definition) is 1. The molecule has 1 aromatic rings. The molecular formula is C11H15BrClN. The van der Waals surface area contributed by atoms with Crippen molar-refractivity contribution >= 4 is 27.5 Å². The minimum Gasteiger partial charge on any atom is -0.324 e. The van der Waals surface area contributed by atoms with Gasteiger partial charge in [0.2, 0.25) is 0 Å². The molecule has 3 heteroatoms. The van der Waals surface area contributed by atoms with E-state index in [1.54, 1.807) is 0 Å². The van der Waals surface area contributed by atoms with Crippen LogP contribution in [-0.2, 0) is 0 Å². The van der Waals surface area contributed by atoms with Crippen molar-refractivity contribution in [1.82, 2.24) is 0 Å². The Hall–Kier alpha value is -0.0500. The Morgan fingerprint density at radius 3 is 2.79 bits per heavy atom. The Morgan fingerprint density at radius 2 is 2.21 bits per heavy atom. The summed E-state index contributed by atoms with van der Waals surface area (Å²) in [6, 6.07) is 6.02. The van der Waals surface area contributed by atoms with E-state index >= 15 is 0 Å². The van der Waals surface area contributed by atoms with Crippen molar-refractivity contribution in [2.45, 2.75) is 32.2 Å². The van der Waals surface area contributed by atoms with Gasteiger partial charge < -0.3 is 5.73 Å². The Balaban J connectivity index is 2.70. The smallest absolute Gasteiger partial charge is 0.0551 e. The summed E-state index contributed by atoms with van der Waals surface area (Å²) < 4.78 is 0.922. The molecule has 0 radical (unpaired) electrons. The van der Waals surface area contributed by atoms with Crippen LogP contribution in [0.1, 0.15) is 37.8 Å². The van der Waals surface area contributed by atoms with E-state index in [1.807, 2.05) is 18.2 Å². The van der Waals surface area contributed by atoms with Gasteiger partial charge in [-0.3, -0.25) is 0 Å². The SMILES string of the molecule is CCCC[C@@H](N)c1ccc(Br)c(Cl)c1. The lowest BCUT2D eigenvalue weighted by Gasteiger charge is -2.11. The minimum absolute atomic E-state index is 0.112. The lowest BCUT2D eigenvalue weighted by Crippen LogP contribution is -2.09. The van der Waals surface area contributed by atoms with Gasteiger partial charge in [0.05, 0.1) is 5.02 Å². The largest absolute Gasteiger partial charge is 0.324 e. The highest BCUT2D eigenvalue weighted by Gasteiger charge is 2.06. The number of halogens is 2. The Kier molecular flexibility index (Phi) is 4.93. The van der Waals surface area contributed by atoms with Crippen molar-refractivity contribution in [2.24, 2.45) is 5.73 Å². The van der Waals surface area contributed by atoms with E-state index in [0.717, 1.165) is 27.9 Å². The van der Waals surface area contributed by atoms with Gasteiger partial charge in [-0.2, -0.15) is 0 Å². The molecule has 0 amide bonds. The normalized spacial score (nSPS) is 12.9. The second-order valence-electron chi connectivity index (χ2n) is 3.42. The first-order valence-electron chi connectivity index (χ1n) is 4.85. The lowest BCUT2D eigenvalue weighted by atomic mass is 10.0. The highest BCUT2D eigenvalue weighted by atomic mass is 79.9. The van der Waals surface area contributed by atoms with Crippen LogP contribution >= 0.6 is 27.5 Å². The second-order valence-corrected chi connectivity index (χ2v) is 4.68. The van der Waals surface area contributed by atoms with Gasteiger partial charge in [0.15, 0.2) is 0 Å². The Morgan fingerprint density at radius 1 is 1.50 bits per heavy atom. The van der Waals surface area contributed by atoms with Crippen LogP contribution in [0.15, 0.2) is 22.7 Å². The summed E-state index contributed by atoms with van der Waals surface area (Å²) in [6.07, 6.45) is 3.36. The summed E-state index contributed by atoms with van der Waals surface area (Å²) in [4.78, 5) is 0. The molecular weight excluding hydrogens is 261 g/mol. The van der Waals surface area contributed by atoms with Crippen LogP contribution in [0.4, 0.5) is 0 Å². The van der Waals surface area contributed by atoms with E-state index < -0.39 is 0 Å². The van der Waals surface area contributed by atoms with Gasteiger partial charge in [-0.15, -0.1) is 0 Å². The molecule has 0 aliphatic heterocycles. The molecule has 14 heavy (non-hydrogen) atoms. The first-order valence-corrected chi connectivity index (χ1v) is 6.02. The highest BCUT2D eigenvalue weighted by molar-refractivity contribution is 9.10. The molecule has 1 rings (SSSR count). The zero-order valence-electron chi connectivity index (χ0n) is 8.26. The molecule has 0 aromatic heterocycles. The summed E-state index contributed by atoms with van der Waals surface area (Å²) in [6.45, 7) is 2.17. The molecule has 0 unspecified atom stereocenters. The number of nitrogens with two attached hydrogens (primary N) is 1. The van der Waals surface area contributed by atoms with Crippen molar-refractivity contribution in [3.8, 4) is 0 Å². The average molecular weight is 277 g/mol. The van der Waals surface area contributed by atoms with Crippen molar-refractivity contribution in [3.05, 3.63) is 33.3 Å². The summed E-state index contributed by atoms with van der Waals surface area (Å²) in [5, 5.41) is 0.731. The molecule has 0 spiro atoms. The van der Waals surface area contributed by atoms with Gasteiger partial charge in [-0.1, -0.05) is 37.4 Å². The molecule has 0 aliphatic rings. The highest BCUT2D eigenvalue weighted by Crippen LogP contribution is 2.26. The first kappa shape index (κ1) is 12.0. The maximum Gasteiger partial charge on any atom is 0.0551 e. The third-order valence-corrected chi connectivity index (χ3v) is 3.47. The maximum absolute atomic E-state index is 6.03. The monoisotopic (exact) mass is 275 g/mol. The van der Waals surface area contributed by atoms with Gasteiger partial charge >= 0.3 is 0 Å². The van der Waals surface area contributed by atoms with E-state index in [2.05, 4.69) is 22.9 Å². The van der Waals surface area contributed by atoms with E-state index in [0.29, 0.717) is 0 Å². The van der Waals surface area contributed by atoms with Crippen LogP contribution in [-0.4, -0.2) is 0 Å². The molecule has 2 N–H and O–H groups in total. The molecule has 1 nitrogen and oxygen atoms in total. The van der Waals surface area contributed by atoms with Crippen LogP contribution < -0.4 is 5.73 Å². The number of unbranched alkanes of at least 4 members (excludes halogenated alkanes) is 1. The minimum atomic E-state index is 0.112. The zero-order chi connectivity index (χ0) is 10.6. The van der Waals surface area contributed by atoms with Crippen molar-refractivity contribution in [1.29, 1.82) is 0 Å². The molecule has 0 heterocycles. The van der Waals surface area contributed by atoms with E-state index in [9.17, 15) is 0 Å². The van der Waals surface area contributed by atoms with Gasteiger partial charge in [0.25, 0.3) is 0 Å². The van der Waals surface area contributed by atoms with Crippen LogP contribution in [0.2, 0.25) is 5.02 Å². The zero-order valence-corrected chi connectivity index (χ0v) is 10.6. The summed E-state index contributed by atoms with van der Waals surface area (Å²) in [5.41, 5.74) is 7.14. The summed E-state index contributed by atoms with van der Waals surface area (Å²) in [5.74, 6) is 0. The van der Waals surface area contributed by atoms with Crippen LogP contribution in [0.25, 0.3) is 0 Å². The predicted molar refractivity (Wildman–Crippen MR) is 65.6 cm³/mol. The summed E-state index contributed by atoms with van der Waals surface area (Å²) in [7, 11) is 0. The van der Waals surface area contributed by atoms with Crippen LogP contribution in [0.5, 0.6) is 0 Å². The Labute approximate surface area is 98.8 Å². The van der Waals surface area contributed by atoms with Gasteiger partial charge in [0, 0.05) is 10.5 Å². The third-order valence-electron chi connectivity index (χ3n) is 2.24. The molecule has 0 bridgehead atoms. The predicted octanol–water partition coefficient (Wildman–Crippen LogP) is 4.29. The quantitative estimate of drug-likeness (QED) is 0.872. The summed E-state index contributed by atoms with van der Waals surface area (Å²) >= 11 is 9.35. The second kappa shape index (κ2) is 5.74. The molecule has 0 fully saturated rings. The van der Waals surface area contributed by atoms with Crippen molar-refractivity contribution in [3.63, 3.8) is 0 Å². The molecule has 0 saturated carbocycles. The fraction of sp³-hybridized carbons (Fsp3) is 0.455. The topological polar surface area (TPSA) is 26.0 Å². The van der Waals surface area contributed by atoms with Crippen LogP contribution in [0.3, 0.4) is 0 Å². The standard InChI is InChI=1S/C11H15BrClN/c1-2-3-4-11(14)8-5-6-9(12)10(13)7-8/h5-7,11H,2-4,14H2,1H3/t11-/m1/s1. The van der Waals surface area contributed by atoms with Crippen molar-refractivity contribution < 1.29 is 0 Å². The fourth-order valence-corrected chi connectivity index (χ4v) is 1.77. The molecule has 1 atom stereocenters. The van der Waals surface area contributed by atoms with Gasteiger partial charge in [-0.05, 0) is 40.0 Å². The lowest BCUT2D eigenvalue weighted by molar-refractivity contribution is 0.603. The molecule has 0 saturated heterocycles. The number of benzene rings is 1. The number of rotatable bonds is 4. The first-order chi connectivity index (χ1) is 6.65. The van der Waals surface area contributed by atoms with Crippen LogP contribution in [0, 0.1) is 0 Å². The molecule has 0 aliphatic carbocycles. The van der Waals surface area contributed by atoms with E-state index in [4.69, 9.17) is 17.3 Å². The fourth-order valence-electron chi connectivity index (χ4n) is 1.33. The maximum atomic E-state index is 6.03. The Bertz CT molecular complexity index is 301. The third kappa shape index (κ3) is 3.26. The van der Waals surface area contributed by atoms with Gasteiger partial charge in [-0.25, -0.2) is 0 Å². The molecule has 1 aromatic carbocycles.